The minimum absolute atomic E-state index is 0. The van der Waals surface area contributed by atoms with Crippen LogP contribution in [0, 0.1) is 0 Å². The molecule has 1 fully saturated rings. The summed E-state index contributed by atoms with van der Waals surface area (Å²) in [6.45, 7) is 14.5. The molecule has 0 radical (unpaired) electrons. The second-order valence-corrected chi connectivity index (χ2v) is 4.85. The number of nitrogens with zero attached hydrogens (tertiary/aromatic N) is 4. The zero-order valence-corrected chi connectivity index (χ0v) is 11.9. The SMILES string of the molecule is C=CCN1CCN2CCN3CC[N+](=C23)CC1.[Br-]. The molecule has 0 aromatic carbocycles. The summed E-state index contributed by atoms with van der Waals surface area (Å²) >= 11 is 0. The third-order valence-corrected chi connectivity index (χ3v) is 3.89. The molecule has 5 heteroatoms. The maximum atomic E-state index is 3.84. The minimum atomic E-state index is 0. The van der Waals surface area contributed by atoms with Crippen LogP contribution in [-0.2, 0) is 0 Å². The molecule has 0 N–H and O–H groups in total. The van der Waals surface area contributed by atoms with Crippen molar-refractivity contribution in [2.24, 2.45) is 0 Å². The van der Waals surface area contributed by atoms with Crippen LogP contribution in [0.4, 0.5) is 0 Å². The highest BCUT2D eigenvalue weighted by Crippen LogP contribution is 2.15. The van der Waals surface area contributed by atoms with Crippen molar-refractivity contribution in [2.75, 3.05) is 58.9 Å². The lowest BCUT2D eigenvalue weighted by Gasteiger charge is -2.25. The van der Waals surface area contributed by atoms with Gasteiger partial charge in [0, 0.05) is 19.6 Å². The topological polar surface area (TPSA) is 12.7 Å². The smallest absolute Gasteiger partial charge is 0.351 e. The maximum Gasteiger partial charge on any atom is 0.351 e. The molecule has 0 saturated carbocycles. The molecule has 3 aliphatic heterocycles. The molecule has 0 atom stereocenters. The molecule has 0 bridgehead atoms. The number of guanidine groups is 1. The molecule has 17 heavy (non-hydrogen) atoms. The van der Waals surface area contributed by atoms with Crippen LogP contribution in [0.2, 0.25) is 0 Å². The summed E-state index contributed by atoms with van der Waals surface area (Å²) < 4.78 is 2.56. The van der Waals surface area contributed by atoms with Gasteiger partial charge in [0.2, 0.25) is 0 Å². The summed E-state index contributed by atoms with van der Waals surface area (Å²) in [5.74, 6) is 1.51. The standard InChI is InChI=1S/C12H21N4.BrH/c1-2-3-13-4-6-14-8-10-16-11-9-15(7-5-13)12(14)16;/h2H,1,3-11H2;1H/q+1;/p-1. The highest BCUT2D eigenvalue weighted by molar-refractivity contribution is 5.78. The molecule has 4 nitrogen and oxygen atoms in total. The van der Waals surface area contributed by atoms with Gasteiger partial charge in [0.15, 0.2) is 0 Å². The Hall–Kier alpha value is -0.550. The molecule has 1 saturated heterocycles. The van der Waals surface area contributed by atoms with Gasteiger partial charge in [0.1, 0.15) is 0 Å². The van der Waals surface area contributed by atoms with Crippen molar-refractivity contribution in [1.29, 1.82) is 0 Å². The first-order valence-corrected chi connectivity index (χ1v) is 6.33. The van der Waals surface area contributed by atoms with Crippen LogP contribution in [0.15, 0.2) is 12.7 Å². The van der Waals surface area contributed by atoms with Crippen LogP contribution in [0.25, 0.3) is 0 Å². The van der Waals surface area contributed by atoms with Gasteiger partial charge < -0.3 is 17.0 Å². The summed E-state index contributed by atoms with van der Waals surface area (Å²) in [6.07, 6.45) is 2.02. The van der Waals surface area contributed by atoms with Crippen molar-refractivity contribution >= 4 is 5.96 Å². The van der Waals surface area contributed by atoms with Crippen molar-refractivity contribution in [3.63, 3.8) is 0 Å². The van der Waals surface area contributed by atoms with Gasteiger partial charge in [-0.25, -0.2) is 0 Å². The number of hydrogen-bond acceptors (Lipinski definition) is 3. The first kappa shape index (κ1) is 12.9. The molecular weight excluding hydrogens is 280 g/mol. The second-order valence-electron chi connectivity index (χ2n) is 4.85. The van der Waals surface area contributed by atoms with E-state index in [9.17, 15) is 0 Å². The lowest BCUT2D eigenvalue weighted by atomic mass is 10.3. The zero-order valence-electron chi connectivity index (χ0n) is 10.3. The third kappa shape index (κ3) is 2.36. The van der Waals surface area contributed by atoms with Crippen molar-refractivity contribution in [1.82, 2.24) is 14.7 Å². The van der Waals surface area contributed by atoms with Crippen LogP contribution in [-0.4, -0.2) is 84.1 Å². The lowest BCUT2D eigenvalue weighted by molar-refractivity contribution is -0.523. The summed E-state index contributed by atoms with van der Waals surface area (Å²) in [4.78, 5) is 7.61. The summed E-state index contributed by atoms with van der Waals surface area (Å²) in [5, 5.41) is 0. The first-order chi connectivity index (χ1) is 7.88. The first-order valence-electron chi connectivity index (χ1n) is 6.33. The van der Waals surface area contributed by atoms with E-state index in [1.54, 1.807) is 0 Å². The molecule has 0 amide bonds. The highest BCUT2D eigenvalue weighted by atomic mass is 79.9. The maximum absolute atomic E-state index is 3.84. The molecule has 0 spiro atoms. The van der Waals surface area contributed by atoms with Crippen molar-refractivity contribution < 1.29 is 21.6 Å². The molecule has 3 rings (SSSR count). The van der Waals surface area contributed by atoms with Gasteiger partial charge >= 0.3 is 5.96 Å². The van der Waals surface area contributed by atoms with Crippen molar-refractivity contribution in [3.8, 4) is 0 Å². The lowest BCUT2D eigenvalue weighted by Crippen LogP contribution is -3.00. The Bertz CT molecular complexity index is 328. The molecule has 3 aliphatic rings. The molecule has 0 unspecified atom stereocenters. The Kier molecular flexibility index (Phi) is 4.09. The van der Waals surface area contributed by atoms with E-state index in [1.807, 2.05) is 6.08 Å². The van der Waals surface area contributed by atoms with E-state index in [0.717, 1.165) is 6.54 Å². The van der Waals surface area contributed by atoms with E-state index < -0.39 is 0 Å². The minimum Gasteiger partial charge on any atom is -1.00 e. The second kappa shape index (κ2) is 5.40. The fourth-order valence-electron chi connectivity index (χ4n) is 3.02. The van der Waals surface area contributed by atoms with Gasteiger partial charge in [-0.15, -0.1) is 6.58 Å². The summed E-state index contributed by atoms with van der Waals surface area (Å²) in [6, 6.07) is 0. The summed E-state index contributed by atoms with van der Waals surface area (Å²) in [5.41, 5.74) is 0. The Balaban J connectivity index is 0.00000108. The predicted molar refractivity (Wildman–Crippen MR) is 64.8 cm³/mol. The van der Waals surface area contributed by atoms with E-state index in [2.05, 4.69) is 25.9 Å². The monoisotopic (exact) mass is 300 g/mol. The van der Waals surface area contributed by atoms with Crippen molar-refractivity contribution in [3.05, 3.63) is 12.7 Å². The van der Waals surface area contributed by atoms with Crippen LogP contribution in [0.1, 0.15) is 0 Å². The third-order valence-electron chi connectivity index (χ3n) is 3.89. The van der Waals surface area contributed by atoms with Crippen LogP contribution < -0.4 is 17.0 Å². The van der Waals surface area contributed by atoms with Gasteiger partial charge in [-0.05, 0) is 0 Å². The fourth-order valence-corrected chi connectivity index (χ4v) is 3.02. The average molecular weight is 301 g/mol. The molecular formula is C12H21BrN4. The van der Waals surface area contributed by atoms with Crippen LogP contribution in [0.5, 0.6) is 0 Å². The average Bonchev–Trinajstić information content (AvgIpc) is 2.80. The number of rotatable bonds is 2. The van der Waals surface area contributed by atoms with Crippen LogP contribution in [0.3, 0.4) is 0 Å². The number of hydrogen-bond donors (Lipinski definition) is 0. The van der Waals surface area contributed by atoms with E-state index in [1.165, 1.54) is 58.3 Å². The molecule has 3 heterocycles. The van der Waals surface area contributed by atoms with Crippen molar-refractivity contribution in [2.45, 2.75) is 0 Å². The highest BCUT2D eigenvalue weighted by Gasteiger charge is 2.41. The Morgan fingerprint density at radius 2 is 1.65 bits per heavy atom. The summed E-state index contributed by atoms with van der Waals surface area (Å²) in [7, 11) is 0. The fraction of sp³-hybridized carbons (Fsp3) is 0.750. The molecule has 0 aromatic heterocycles. The Morgan fingerprint density at radius 3 is 2.41 bits per heavy atom. The van der Waals surface area contributed by atoms with Gasteiger partial charge in [-0.2, -0.15) is 0 Å². The Labute approximate surface area is 114 Å². The van der Waals surface area contributed by atoms with Gasteiger partial charge in [-0.3, -0.25) is 19.3 Å². The van der Waals surface area contributed by atoms with E-state index in [4.69, 9.17) is 0 Å². The van der Waals surface area contributed by atoms with E-state index >= 15 is 0 Å². The molecule has 0 aliphatic carbocycles. The van der Waals surface area contributed by atoms with E-state index in [-0.39, 0.29) is 17.0 Å². The molecule has 96 valence electrons. The quantitative estimate of drug-likeness (QED) is 0.388. The van der Waals surface area contributed by atoms with Gasteiger partial charge in [0.25, 0.3) is 0 Å². The van der Waals surface area contributed by atoms with Gasteiger partial charge in [-0.1, -0.05) is 6.08 Å². The van der Waals surface area contributed by atoms with Crippen LogP contribution >= 0.6 is 0 Å². The van der Waals surface area contributed by atoms with E-state index in [0.29, 0.717) is 0 Å². The number of halogens is 1. The van der Waals surface area contributed by atoms with Gasteiger partial charge in [0.05, 0.1) is 39.3 Å². The Morgan fingerprint density at radius 1 is 1.00 bits per heavy atom. The normalized spacial score (nSPS) is 24.2. The molecule has 0 aromatic rings. The zero-order chi connectivity index (χ0) is 11.0. The predicted octanol–water partition coefficient (Wildman–Crippen LogP) is -3.51. The largest absolute Gasteiger partial charge is 1.00 e.